The highest BCUT2D eigenvalue weighted by atomic mass is 19.4. The van der Waals surface area contributed by atoms with Crippen LogP contribution in [-0.2, 0) is 25.2 Å². The second kappa shape index (κ2) is 10.9. The first-order valence-electron chi connectivity index (χ1n) is 12.7. The molecule has 2 saturated heterocycles. The molecule has 0 bridgehead atoms. The Balaban J connectivity index is 1.76. The van der Waals surface area contributed by atoms with Crippen LogP contribution >= 0.6 is 0 Å². The van der Waals surface area contributed by atoms with Crippen molar-refractivity contribution in [3.05, 3.63) is 41.0 Å². The van der Waals surface area contributed by atoms with E-state index in [0.717, 1.165) is 6.07 Å². The number of aromatic nitrogens is 2. The van der Waals surface area contributed by atoms with Gasteiger partial charge < -0.3 is 24.0 Å². The highest BCUT2D eigenvalue weighted by Crippen LogP contribution is 2.49. The van der Waals surface area contributed by atoms with Crippen LogP contribution in [0.4, 0.5) is 30.8 Å². The van der Waals surface area contributed by atoms with Crippen molar-refractivity contribution < 1.29 is 32.2 Å². The molecule has 0 amide bonds. The monoisotopic (exact) mass is 533 g/mol. The van der Waals surface area contributed by atoms with Crippen LogP contribution in [0.15, 0.2) is 29.3 Å². The van der Waals surface area contributed by atoms with Crippen molar-refractivity contribution in [1.29, 1.82) is 0 Å². The van der Waals surface area contributed by atoms with E-state index in [1.54, 1.807) is 19.9 Å². The number of aliphatic imine (C=N–C) groups is 1. The first kappa shape index (κ1) is 26.4. The van der Waals surface area contributed by atoms with Crippen molar-refractivity contribution in [2.75, 3.05) is 69.0 Å². The standard InChI is InChI=1S/C26H30F3N5O4/c1-3-38-24(35)19-16(2)30-22-21(20(19)17-6-4-5-7-18(17)26(27,28)29)23(33-8-12-36-13-9-33)32-25(31-22)34-10-14-37-15-11-34/h4-7,19-20H,3,8-15H2,1-2H3. The Labute approximate surface area is 218 Å². The van der Waals surface area contributed by atoms with Gasteiger partial charge in [0.25, 0.3) is 0 Å². The van der Waals surface area contributed by atoms with Crippen LogP contribution in [0.3, 0.4) is 0 Å². The van der Waals surface area contributed by atoms with E-state index in [4.69, 9.17) is 24.2 Å². The fourth-order valence-electron chi connectivity index (χ4n) is 5.26. The molecule has 2 unspecified atom stereocenters. The number of carbonyl (C=O) groups is 1. The summed E-state index contributed by atoms with van der Waals surface area (Å²) in [6, 6.07) is 5.35. The molecule has 4 heterocycles. The average Bonchev–Trinajstić information content (AvgIpc) is 2.92. The van der Waals surface area contributed by atoms with Crippen LogP contribution in [0.1, 0.15) is 36.5 Å². The van der Waals surface area contributed by atoms with Crippen LogP contribution in [0.2, 0.25) is 0 Å². The van der Waals surface area contributed by atoms with Crippen molar-refractivity contribution in [2.45, 2.75) is 25.9 Å². The number of anilines is 2. The Bertz CT molecular complexity index is 1210. The Kier molecular flexibility index (Phi) is 7.53. The van der Waals surface area contributed by atoms with Gasteiger partial charge in [-0.25, -0.2) is 4.99 Å². The van der Waals surface area contributed by atoms with Gasteiger partial charge in [-0.3, -0.25) is 4.79 Å². The number of benzene rings is 1. The number of esters is 1. The minimum absolute atomic E-state index is 0.0363. The fraction of sp³-hybridized carbons (Fsp3) is 0.538. The van der Waals surface area contributed by atoms with Crippen molar-refractivity contribution in [3.63, 3.8) is 0 Å². The molecule has 2 aromatic rings. The van der Waals surface area contributed by atoms with E-state index in [1.807, 2.05) is 9.80 Å². The molecule has 204 valence electrons. The molecule has 3 aliphatic rings. The van der Waals surface area contributed by atoms with E-state index in [1.165, 1.54) is 12.1 Å². The smallest absolute Gasteiger partial charge is 0.416 e. The molecule has 38 heavy (non-hydrogen) atoms. The van der Waals surface area contributed by atoms with E-state index in [-0.39, 0.29) is 18.0 Å². The van der Waals surface area contributed by atoms with E-state index >= 15 is 0 Å². The van der Waals surface area contributed by atoms with Gasteiger partial charge in [0.1, 0.15) is 11.7 Å². The maximum atomic E-state index is 14.3. The third-order valence-corrected chi connectivity index (χ3v) is 7.02. The van der Waals surface area contributed by atoms with E-state index < -0.39 is 29.5 Å². The number of hydrogen-bond donors (Lipinski definition) is 0. The molecule has 0 radical (unpaired) electrons. The second-order valence-corrected chi connectivity index (χ2v) is 9.33. The van der Waals surface area contributed by atoms with Gasteiger partial charge in [0.2, 0.25) is 5.95 Å². The lowest BCUT2D eigenvalue weighted by Gasteiger charge is -2.37. The first-order valence-corrected chi connectivity index (χ1v) is 12.7. The predicted molar refractivity (Wildman–Crippen MR) is 134 cm³/mol. The number of rotatable bonds is 5. The second-order valence-electron chi connectivity index (χ2n) is 9.33. The van der Waals surface area contributed by atoms with Crippen LogP contribution in [0.5, 0.6) is 0 Å². The van der Waals surface area contributed by atoms with Gasteiger partial charge in [0, 0.05) is 43.4 Å². The number of fused-ring (bicyclic) bond motifs is 1. The normalized spacial score (nSPS) is 22.1. The largest absolute Gasteiger partial charge is 0.465 e. The van der Waals surface area contributed by atoms with E-state index in [0.29, 0.717) is 75.6 Å². The molecule has 2 atom stereocenters. The van der Waals surface area contributed by atoms with Crippen LogP contribution < -0.4 is 9.80 Å². The van der Waals surface area contributed by atoms with Crippen LogP contribution in [-0.4, -0.2) is 80.9 Å². The zero-order valence-corrected chi connectivity index (χ0v) is 21.3. The van der Waals surface area contributed by atoms with Gasteiger partial charge in [-0.05, 0) is 25.5 Å². The summed E-state index contributed by atoms with van der Waals surface area (Å²) in [6.45, 7) is 7.45. The molecule has 0 spiro atoms. The maximum absolute atomic E-state index is 14.3. The van der Waals surface area contributed by atoms with Gasteiger partial charge in [-0.15, -0.1) is 0 Å². The first-order chi connectivity index (χ1) is 18.3. The molecule has 5 rings (SSSR count). The summed E-state index contributed by atoms with van der Waals surface area (Å²) < 4.78 is 59.2. The van der Waals surface area contributed by atoms with Gasteiger partial charge in [0.05, 0.1) is 38.6 Å². The Hall–Kier alpha value is -3.25. The summed E-state index contributed by atoms with van der Waals surface area (Å²) in [5.74, 6) is -1.58. The number of nitrogens with zero attached hydrogens (tertiary/aromatic N) is 5. The Morgan fingerprint density at radius 3 is 2.29 bits per heavy atom. The SMILES string of the molecule is CCOC(=O)C1C(C)=Nc2nc(N3CCOCC3)nc(N3CCOCC3)c2C1c1ccccc1C(F)(F)F. The van der Waals surface area contributed by atoms with Gasteiger partial charge in [-0.2, -0.15) is 23.1 Å². The number of ether oxygens (including phenoxy) is 3. The van der Waals surface area contributed by atoms with E-state index in [9.17, 15) is 18.0 Å². The number of halogens is 3. The molecular formula is C26H30F3N5O4. The van der Waals surface area contributed by atoms with Crippen molar-refractivity contribution >= 4 is 29.3 Å². The zero-order chi connectivity index (χ0) is 26.9. The lowest BCUT2D eigenvalue weighted by atomic mass is 9.75. The third-order valence-electron chi connectivity index (χ3n) is 7.02. The molecule has 12 heteroatoms. The number of alkyl halides is 3. The van der Waals surface area contributed by atoms with Crippen molar-refractivity contribution in [2.24, 2.45) is 10.9 Å². The topological polar surface area (TPSA) is 89.4 Å². The lowest BCUT2D eigenvalue weighted by molar-refractivity contribution is -0.147. The predicted octanol–water partition coefficient (Wildman–Crippen LogP) is 3.59. The van der Waals surface area contributed by atoms with Gasteiger partial charge >= 0.3 is 12.1 Å². The van der Waals surface area contributed by atoms with Crippen molar-refractivity contribution in [3.8, 4) is 0 Å². The highest BCUT2D eigenvalue weighted by molar-refractivity contribution is 6.05. The molecule has 2 fully saturated rings. The molecule has 3 aliphatic heterocycles. The number of carbonyl (C=O) groups excluding carboxylic acids is 1. The highest BCUT2D eigenvalue weighted by Gasteiger charge is 2.46. The molecule has 1 aromatic heterocycles. The Morgan fingerprint density at radius 1 is 1.03 bits per heavy atom. The quantitative estimate of drug-likeness (QED) is 0.539. The summed E-state index contributed by atoms with van der Waals surface area (Å²) in [5.41, 5.74) is -0.113. The third kappa shape index (κ3) is 5.06. The molecule has 0 aliphatic carbocycles. The summed E-state index contributed by atoms with van der Waals surface area (Å²) >= 11 is 0. The molecule has 0 saturated carbocycles. The zero-order valence-electron chi connectivity index (χ0n) is 21.3. The van der Waals surface area contributed by atoms with Crippen LogP contribution in [0, 0.1) is 5.92 Å². The summed E-state index contributed by atoms with van der Waals surface area (Å²) in [4.78, 5) is 31.5. The number of hydrogen-bond acceptors (Lipinski definition) is 9. The lowest BCUT2D eigenvalue weighted by Crippen LogP contribution is -2.42. The Morgan fingerprint density at radius 2 is 1.66 bits per heavy atom. The maximum Gasteiger partial charge on any atom is 0.416 e. The molecule has 9 nitrogen and oxygen atoms in total. The summed E-state index contributed by atoms with van der Waals surface area (Å²) in [5, 5.41) is 0. The number of morpholine rings is 2. The van der Waals surface area contributed by atoms with Crippen LogP contribution in [0.25, 0.3) is 0 Å². The van der Waals surface area contributed by atoms with Crippen molar-refractivity contribution in [1.82, 2.24) is 9.97 Å². The fourth-order valence-corrected chi connectivity index (χ4v) is 5.26. The molecule has 1 aromatic carbocycles. The molecule has 0 N–H and O–H groups in total. The molecular weight excluding hydrogens is 503 g/mol. The summed E-state index contributed by atoms with van der Waals surface area (Å²) in [6.07, 6.45) is -4.63. The minimum Gasteiger partial charge on any atom is -0.465 e. The minimum atomic E-state index is -4.63. The van der Waals surface area contributed by atoms with E-state index in [2.05, 4.69) is 4.99 Å². The summed E-state index contributed by atoms with van der Waals surface area (Å²) in [7, 11) is 0. The van der Waals surface area contributed by atoms with Gasteiger partial charge in [0.15, 0.2) is 5.82 Å². The average molecular weight is 534 g/mol. The van der Waals surface area contributed by atoms with Gasteiger partial charge in [-0.1, -0.05) is 18.2 Å².